The van der Waals surface area contributed by atoms with E-state index in [1.165, 1.54) is 0 Å². The molecule has 21 heavy (non-hydrogen) atoms. The SMILES string of the molecule is CC.CC(C)C(=O)Oc1ccc(CC(=O)C(C)(C)C)cc1. The van der Waals surface area contributed by atoms with Crippen molar-refractivity contribution in [3.8, 4) is 5.75 Å². The zero-order valence-electron chi connectivity index (χ0n) is 14.3. The van der Waals surface area contributed by atoms with Crippen LogP contribution in [0.4, 0.5) is 0 Å². The van der Waals surface area contributed by atoms with Crippen LogP contribution in [0.5, 0.6) is 5.75 Å². The minimum atomic E-state index is -0.331. The van der Waals surface area contributed by atoms with Crippen LogP contribution in [0.3, 0.4) is 0 Å². The van der Waals surface area contributed by atoms with Crippen molar-refractivity contribution in [3.63, 3.8) is 0 Å². The lowest BCUT2D eigenvalue weighted by molar-refractivity contribution is -0.137. The van der Waals surface area contributed by atoms with E-state index in [0.717, 1.165) is 5.56 Å². The van der Waals surface area contributed by atoms with Crippen molar-refractivity contribution in [2.75, 3.05) is 0 Å². The summed E-state index contributed by atoms with van der Waals surface area (Å²) in [5, 5.41) is 0. The first-order valence-electron chi connectivity index (χ1n) is 7.54. The van der Waals surface area contributed by atoms with E-state index >= 15 is 0 Å². The average molecular weight is 292 g/mol. The molecule has 0 spiro atoms. The summed E-state index contributed by atoms with van der Waals surface area (Å²) in [4.78, 5) is 23.3. The molecule has 0 aromatic heterocycles. The second kappa shape index (κ2) is 8.60. The van der Waals surface area contributed by atoms with Gasteiger partial charge in [-0.15, -0.1) is 0 Å². The number of benzene rings is 1. The molecule has 0 bridgehead atoms. The highest BCUT2D eigenvalue weighted by molar-refractivity contribution is 5.85. The summed E-state index contributed by atoms with van der Waals surface area (Å²) in [6.07, 6.45) is 0.405. The predicted octanol–water partition coefficient (Wildman–Crippen LogP) is 4.43. The Labute approximate surface area is 128 Å². The quantitative estimate of drug-likeness (QED) is 0.609. The van der Waals surface area contributed by atoms with Crippen LogP contribution < -0.4 is 4.74 Å². The lowest BCUT2D eigenvalue weighted by Gasteiger charge is -2.16. The van der Waals surface area contributed by atoms with Crippen LogP contribution >= 0.6 is 0 Å². The lowest BCUT2D eigenvalue weighted by Crippen LogP contribution is -2.22. The van der Waals surface area contributed by atoms with Crippen LogP contribution in [0.1, 0.15) is 54.0 Å². The average Bonchev–Trinajstić information content (AvgIpc) is 2.42. The number of Topliss-reactive ketones (excluding diaryl/α,β-unsaturated/α-hetero) is 1. The van der Waals surface area contributed by atoms with Gasteiger partial charge in [0.2, 0.25) is 0 Å². The molecule has 3 nitrogen and oxygen atoms in total. The number of esters is 1. The molecule has 0 heterocycles. The molecule has 0 aliphatic carbocycles. The number of carbonyl (C=O) groups is 2. The maximum Gasteiger partial charge on any atom is 0.313 e. The van der Waals surface area contributed by atoms with Crippen molar-refractivity contribution in [2.24, 2.45) is 11.3 Å². The first-order valence-corrected chi connectivity index (χ1v) is 7.54. The van der Waals surface area contributed by atoms with E-state index in [9.17, 15) is 9.59 Å². The third-order valence-corrected chi connectivity index (χ3v) is 2.81. The molecule has 0 radical (unpaired) electrons. The molecule has 0 unspecified atom stereocenters. The smallest absolute Gasteiger partial charge is 0.313 e. The van der Waals surface area contributed by atoms with Gasteiger partial charge in [0, 0.05) is 11.8 Å². The zero-order chi connectivity index (χ0) is 16.6. The van der Waals surface area contributed by atoms with E-state index in [1.54, 1.807) is 26.0 Å². The molecule has 1 aromatic rings. The molecule has 0 N–H and O–H groups in total. The van der Waals surface area contributed by atoms with Gasteiger partial charge in [-0.3, -0.25) is 9.59 Å². The number of rotatable bonds is 4. The molecule has 0 aliphatic heterocycles. The molecular weight excluding hydrogens is 264 g/mol. The zero-order valence-corrected chi connectivity index (χ0v) is 14.3. The second-order valence-corrected chi connectivity index (χ2v) is 6.07. The summed E-state index contributed by atoms with van der Waals surface area (Å²) in [7, 11) is 0. The molecule has 0 atom stereocenters. The van der Waals surface area contributed by atoms with E-state index in [1.807, 2.05) is 46.8 Å². The van der Waals surface area contributed by atoms with Crippen molar-refractivity contribution in [1.82, 2.24) is 0 Å². The summed E-state index contributed by atoms with van der Waals surface area (Å²) < 4.78 is 5.18. The van der Waals surface area contributed by atoms with Crippen molar-refractivity contribution in [2.45, 2.75) is 54.9 Å². The number of hydrogen-bond donors (Lipinski definition) is 0. The Hall–Kier alpha value is -1.64. The van der Waals surface area contributed by atoms with Gasteiger partial charge in [-0.05, 0) is 17.7 Å². The fraction of sp³-hybridized carbons (Fsp3) is 0.556. The maximum absolute atomic E-state index is 11.9. The van der Waals surface area contributed by atoms with Crippen molar-refractivity contribution >= 4 is 11.8 Å². The van der Waals surface area contributed by atoms with Gasteiger partial charge in [-0.25, -0.2) is 0 Å². The molecule has 1 rings (SSSR count). The standard InChI is InChI=1S/C16H22O3.C2H6/c1-11(2)15(18)19-13-8-6-12(7-9-13)10-14(17)16(3,4)5;1-2/h6-9,11H,10H2,1-5H3;1-2H3. The molecule has 0 fully saturated rings. The molecule has 118 valence electrons. The van der Waals surface area contributed by atoms with Gasteiger partial charge in [0.25, 0.3) is 0 Å². The van der Waals surface area contributed by atoms with Gasteiger partial charge in [-0.1, -0.05) is 60.6 Å². The van der Waals surface area contributed by atoms with E-state index < -0.39 is 0 Å². The van der Waals surface area contributed by atoms with Gasteiger partial charge in [0.1, 0.15) is 11.5 Å². The topological polar surface area (TPSA) is 43.4 Å². The first kappa shape index (κ1) is 19.4. The Bertz CT molecular complexity index is 450. The second-order valence-electron chi connectivity index (χ2n) is 6.07. The molecule has 0 saturated heterocycles. The fourth-order valence-corrected chi connectivity index (χ4v) is 1.36. The maximum atomic E-state index is 11.9. The van der Waals surface area contributed by atoms with Crippen LogP contribution in [-0.4, -0.2) is 11.8 Å². The Balaban J connectivity index is 0.00000191. The summed E-state index contributed by atoms with van der Waals surface area (Å²) in [5.41, 5.74) is 0.604. The minimum absolute atomic E-state index is 0.151. The number of ketones is 1. The number of carbonyl (C=O) groups excluding carboxylic acids is 2. The van der Waals surface area contributed by atoms with Crippen molar-refractivity contribution < 1.29 is 14.3 Å². The van der Waals surface area contributed by atoms with Gasteiger partial charge in [-0.2, -0.15) is 0 Å². The highest BCUT2D eigenvalue weighted by Crippen LogP contribution is 2.19. The molecule has 3 heteroatoms. The Kier molecular flexibility index (Phi) is 7.93. The van der Waals surface area contributed by atoms with E-state index in [0.29, 0.717) is 12.2 Å². The largest absolute Gasteiger partial charge is 0.426 e. The van der Waals surface area contributed by atoms with Crippen LogP contribution in [-0.2, 0) is 16.0 Å². The summed E-state index contributed by atoms with van der Waals surface area (Å²) in [6.45, 7) is 13.3. The molecule has 0 amide bonds. The van der Waals surface area contributed by atoms with Crippen LogP contribution in [0.15, 0.2) is 24.3 Å². The molecule has 0 aliphatic rings. The van der Waals surface area contributed by atoms with Crippen LogP contribution in [0.2, 0.25) is 0 Å². The minimum Gasteiger partial charge on any atom is -0.426 e. The van der Waals surface area contributed by atoms with Crippen LogP contribution in [0, 0.1) is 11.3 Å². The third-order valence-electron chi connectivity index (χ3n) is 2.81. The highest BCUT2D eigenvalue weighted by Gasteiger charge is 2.21. The van der Waals surface area contributed by atoms with Crippen LogP contribution in [0.25, 0.3) is 0 Å². The van der Waals surface area contributed by atoms with Crippen molar-refractivity contribution in [1.29, 1.82) is 0 Å². The Morgan fingerprint density at radius 3 is 1.90 bits per heavy atom. The van der Waals surface area contributed by atoms with E-state index in [4.69, 9.17) is 4.74 Å². The summed E-state index contributed by atoms with van der Waals surface area (Å²) in [5.74, 6) is 0.311. The molecule has 1 aromatic carbocycles. The predicted molar refractivity (Wildman–Crippen MR) is 86.4 cm³/mol. The van der Waals surface area contributed by atoms with Crippen molar-refractivity contribution in [3.05, 3.63) is 29.8 Å². The normalized spacial score (nSPS) is 10.7. The monoisotopic (exact) mass is 292 g/mol. The Morgan fingerprint density at radius 2 is 1.52 bits per heavy atom. The Morgan fingerprint density at radius 1 is 1.05 bits per heavy atom. The van der Waals surface area contributed by atoms with E-state index in [-0.39, 0.29) is 23.1 Å². The third kappa shape index (κ3) is 7.07. The van der Waals surface area contributed by atoms with Gasteiger partial charge >= 0.3 is 5.97 Å². The molecule has 0 saturated carbocycles. The van der Waals surface area contributed by atoms with Gasteiger partial charge in [0.15, 0.2) is 0 Å². The van der Waals surface area contributed by atoms with Gasteiger partial charge < -0.3 is 4.74 Å². The molecular formula is C18H28O3. The fourth-order valence-electron chi connectivity index (χ4n) is 1.36. The van der Waals surface area contributed by atoms with Gasteiger partial charge in [0.05, 0.1) is 5.92 Å². The highest BCUT2D eigenvalue weighted by atomic mass is 16.5. The number of hydrogen-bond acceptors (Lipinski definition) is 3. The number of ether oxygens (including phenoxy) is 1. The first-order chi connectivity index (χ1) is 9.70. The summed E-state index contributed by atoms with van der Waals surface area (Å²) in [6, 6.07) is 7.11. The summed E-state index contributed by atoms with van der Waals surface area (Å²) >= 11 is 0. The lowest BCUT2D eigenvalue weighted by atomic mass is 9.87. The van der Waals surface area contributed by atoms with E-state index in [2.05, 4.69) is 0 Å².